The van der Waals surface area contributed by atoms with Crippen LogP contribution in [0, 0.1) is 0 Å². The van der Waals surface area contributed by atoms with E-state index < -0.39 is 0 Å². The molecule has 5 heteroatoms. The number of nitrogens with zero attached hydrogens (tertiary/aromatic N) is 4. The molecule has 0 aliphatic rings. The second-order valence-electron chi connectivity index (χ2n) is 9.68. The molecular weight excluding hydrogens is 484 g/mol. The summed E-state index contributed by atoms with van der Waals surface area (Å²) in [7, 11) is 0. The monoisotopic (exact) mass is 502 g/mol. The summed E-state index contributed by atoms with van der Waals surface area (Å²) in [5.74, 6) is 0.895. The molecular formula is C33H18N4S. The molecule has 0 atom stereocenters. The maximum Gasteiger partial charge on any atom is 0.138 e. The first-order valence-electron chi connectivity index (χ1n) is 12.6. The van der Waals surface area contributed by atoms with E-state index >= 15 is 0 Å². The van der Waals surface area contributed by atoms with Crippen molar-refractivity contribution >= 4 is 85.9 Å². The fraction of sp³-hybridized carbons (Fsp3) is 0. The summed E-state index contributed by atoms with van der Waals surface area (Å²) in [4.78, 5) is 14.5. The highest BCUT2D eigenvalue weighted by Crippen LogP contribution is 2.47. The van der Waals surface area contributed by atoms with Crippen molar-refractivity contribution in [2.75, 3.05) is 0 Å². The van der Waals surface area contributed by atoms with Crippen LogP contribution in [-0.2, 0) is 0 Å². The Morgan fingerprint density at radius 1 is 0.605 bits per heavy atom. The second kappa shape index (κ2) is 7.34. The highest BCUT2D eigenvalue weighted by atomic mass is 32.1. The van der Waals surface area contributed by atoms with E-state index in [-0.39, 0.29) is 0 Å². The number of aromatic nitrogens is 4. The smallest absolute Gasteiger partial charge is 0.138 e. The Morgan fingerprint density at radius 2 is 1.42 bits per heavy atom. The molecule has 0 aliphatic carbocycles. The lowest BCUT2D eigenvalue weighted by atomic mass is 10.0. The van der Waals surface area contributed by atoms with Crippen LogP contribution in [0.1, 0.15) is 0 Å². The van der Waals surface area contributed by atoms with Gasteiger partial charge in [0.2, 0.25) is 0 Å². The molecule has 0 unspecified atom stereocenters. The van der Waals surface area contributed by atoms with Gasteiger partial charge in [0.15, 0.2) is 0 Å². The van der Waals surface area contributed by atoms with Gasteiger partial charge in [-0.1, -0.05) is 54.6 Å². The summed E-state index contributed by atoms with van der Waals surface area (Å²) in [5.41, 5.74) is 4.18. The molecule has 4 nitrogen and oxygen atoms in total. The van der Waals surface area contributed by atoms with Crippen LogP contribution < -0.4 is 0 Å². The van der Waals surface area contributed by atoms with Crippen molar-refractivity contribution in [3.05, 3.63) is 110 Å². The fourth-order valence-corrected chi connectivity index (χ4v) is 7.32. The number of para-hydroxylation sites is 1. The summed E-state index contributed by atoms with van der Waals surface area (Å²) in [6.07, 6.45) is 5.77. The molecule has 5 heterocycles. The van der Waals surface area contributed by atoms with Crippen LogP contribution in [0.4, 0.5) is 0 Å². The maximum atomic E-state index is 5.29. The molecule has 0 N–H and O–H groups in total. The topological polar surface area (TPSA) is 43.6 Å². The first kappa shape index (κ1) is 20.2. The minimum Gasteiger partial charge on any atom is -0.293 e. The van der Waals surface area contributed by atoms with Crippen LogP contribution in [0.15, 0.2) is 110 Å². The number of benzene rings is 4. The third-order valence-corrected chi connectivity index (χ3v) is 8.89. The molecule has 0 saturated heterocycles. The Balaban J connectivity index is 1.56. The lowest BCUT2D eigenvalue weighted by Gasteiger charge is -2.11. The number of hydrogen-bond donors (Lipinski definition) is 0. The minimum absolute atomic E-state index is 0.895. The lowest BCUT2D eigenvalue weighted by Crippen LogP contribution is -1.98. The van der Waals surface area contributed by atoms with Crippen LogP contribution in [0.25, 0.3) is 80.4 Å². The largest absolute Gasteiger partial charge is 0.293 e. The number of hydrogen-bond acceptors (Lipinski definition) is 4. The first-order chi connectivity index (χ1) is 18.9. The number of fused-ring (bicyclic) bond motifs is 13. The lowest BCUT2D eigenvalue weighted by molar-refractivity contribution is 1.11. The zero-order chi connectivity index (χ0) is 24.8. The number of thiophene rings is 1. The average molecular weight is 503 g/mol. The van der Waals surface area contributed by atoms with Crippen molar-refractivity contribution < 1.29 is 0 Å². The number of pyridine rings is 3. The van der Waals surface area contributed by atoms with Crippen molar-refractivity contribution in [2.24, 2.45) is 0 Å². The van der Waals surface area contributed by atoms with Crippen molar-refractivity contribution in [3.63, 3.8) is 0 Å². The third-order valence-electron chi connectivity index (χ3n) is 7.69. The highest BCUT2D eigenvalue weighted by Gasteiger charge is 2.22. The van der Waals surface area contributed by atoms with Gasteiger partial charge in [0.1, 0.15) is 5.82 Å². The predicted molar refractivity (Wildman–Crippen MR) is 160 cm³/mol. The van der Waals surface area contributed by atoms with Crippen molar-refractivity contribution in [1.29, 1.82) is 0 Å². The predicted octanol–water partition coefficient (Wildman–Crippen LogP) is 8.80. The van der Waals surface area contributed by atoms with Crippen LogP contribution >= 0.6 is 11.3 Å². The normalized spacial score (nSPS) is 12.2. The Bertz CT molecular complexity index is 2420. The Labute approximate surface area is 220 Å². The van der Waals surface area contributed by atoms with E-state index in [9.17, 15) is 0 Å². The molecule has 9 rings (SSSR count). The number of rotatable bonds is 1. The summed E-state index contributed by atoms with van der Waals surface area (Å²) in [6.45, 7) is 0. The van der Waals surface area contributed by atoms with E-state index in [1.54, 1.807) is 0 Å². The molecule has 38 heavy (non-hydrogen) atoms. The van der Waals surface area contributed by atoms with Gasteiger partial charge in [-0.25, -0.2) is 4.98 Å². The molecule has 0 amide bonds. The van der Waals surface area contributed by atoms with E-state index in [1.807, 2.05) is 36.0 Å². The molecule has 0 radical (unpaired) electrons. The van der Waals surface area contributed by atoms with E-state index in [1.165, 1.54) is 47.2 Å². The van der Waals surface area contributed by atoms with E-state index in [0.717, 1.165) is 33.1 Å². The quantitative estimate of drug-likeness (QED) is 0.211. The van der Waals surface area contributed by atoms with Gasteiger partial charge in [-0.15, -0.1) is 11.3 Å². The van der Waals surface area contributed by atoms with E-state index in [2.05, 4.69) is 94.5 Å². The van der Waals surface area contributed by atoms with Crippen LogP contribution in [0.2, 0.25) is 0 Å². The summed E-state index contributed by atoms with van der Waals surface area (Å²) < 4.78 is 4.89. The van der Waals surface area contributed by atoms with Gasteiger partial charge in [0.05, 0.1) is 22.1 Å². The third kappa shape index (κ3) is 2.56. The van der Waals surface area contributed by atoms with E-state index in [0.29, 0.717) is 0 Å². The Morgan fingerprint density at radius 3 is 2.37 bits per heavy atom. The summed E-state index contributed by atoms with van der Waals surface area (Å²) >= 11 is 1.84. The maximum absolute atomic E-state index is 5.29. The Hall–Kier alpha value is -4.87. The molecule has 0 saturated carbocycles. The first-order valence-corrected chi connectivity index (χ1v) is 13.4. The minimum atomic E-state index is 0.895. The van der Waals surface area contributed by atoms with Gasteiger partial charge >= 0.3 is 0 Å². The molecule has 176 valence electrons. The second-order valence-corrected chi connectivity index (χ2v) is 10.7. The van der Waals surface area contributed by atoms with Gasteiger partial charge in [-0.2, -0.15) is 0 Å². The van der Waals surface area contributed by atoms with Gasteiger partial charge in [-0.05, 0) is 41.8 Å². The molecule has 0 bridgehead atoms. The molecule has 9 aromatic rings. The molecule has 4 aromatic carbocycles. The molecule has 0 fully saturated rings. The SMILES string of the molecule is c1cnc2c(c1)ccc1ccc(-n3c4ccccc4c4c5ccncc5c5sc6ccccc6c5c43)nc12. The van der Waals surface area contributed by atoms with Crippen LogP contribution in [0.5, 0.6) is 0 Å². The van der Waals surface area contributed by atoms with E-state index in [4.69, 9.17) is 9.97 Å². The van der Waals surface area contributed by atoms with Gasteiger partial charge in [0.25, 0.3) is 0 Å². The van der Waals surface area contributed by atoms with Crippen LogP contribution in [0.3, 0.4) is 0 Å². The van der Waals surface area contributed by atoms with Crippen molar-refractivity contribution in [3.8, 4) is 5.82 Å². The Kier molecular flexibility index (Phi) is 3.91. The summed E-state index contributed by atoms with van der Waals surface area (Å²) in [5, 5.41) is 9.58. The summed E-state index contributed by atoms with van der Waals surface area (Å²) in [6, 6.07) is 32.2. The average Bonchev–Trinajstić information content (AvgIpc) is 3.53. The zero-order valence-electron chi connectivity index (χ0n) is 20.1. The van der Waals surface area contributed by atoms with Gasteiger partial charge in [0, 0.05) is 65.7 Å². The van der Waals surface area contributed by atoms with Crippen LogP contribution in [-0.4, -0.2) is 19.5 Å². The van der Waals surface area contributed by atoms with Crippen molar-refractivity contribution in [1.82, 2.24) is 19.5 Å². The fourth-order valence-electron chi connectivity index (χ4n) is 6.09. The zero-order valence-corrected chi connectivity index (χ0v) is 20.9. The van der Waals surface area contributed by atoms with Crippen molar-refractivity contribution in [2.45, 2.75) is 0 Å². The highest BCUT2D eigenvalue weighted by molar-refractivity contribution is 7.27. The molecule has 0 spiro atoms. The standard InChI is InChI=1S/C33H18N4S/c1-3-9-25-22(7-1)28-21-15-17-34-18-24(21)33-29(23-8-2-4-10-26(23)38-33)32(28)37(25)27-14-13-20-12-11-19-6-5-16-35-30(19)31(20)36-27/h1-18H. The van der Waals surface area contributed by atoms with Gasteiger partial charge < -0.3 is 0 Å². The molecule has 5 aromatic heterocycles. The molecule has 0 aliphatic heterocycles. The van der Waals surface area contributed by atoms with Gasteiger partial charge in [-0.3, -0.25) is 14.5 Å².